The maximum Gasteiger partial charge on any atom is 0.356 e. The Morgan fingerprint density at radius 1 is 0.458 bits per heavy atom. The van der Waals surface area contributed by atoms with Gasteiger partial charge in [-0.2, -0.15) is 4.68 Å². The number of rotatable bonds is 35. The number of aromatic amines is 1. The van der Waals surface area contributed by atoms with Crippen molar-refractivity contribution in [2.75, 3.05) is 72.7 Å². The Morgan fingerprint density at radius 3 is 1.34 bits per heavy atom. The van der Waals surface area contributed by atoms with Gasteiger partial charge in [0.05, 0.1) is 78.0 Å². The molecule has 43 heteroatoms. The van der Waals surface area contributed by atoms with Gasteiger partial charge in [-0.3, -0.25) is 4.68 Å². The molecule has 0 spiro atoms. The Labute approximate surface area is 607 Å². The van der Waals surface area contributed by atoms with Gasteiger partial charge in [0, 0.05) is 13.2 Å². The molecule has 21 N–H and O–H groups in total. The third-order valence-corrected chi connectivity index (χ3v) is 19.0. The van der Waals surface area contributed by atoms with Crippen molar-refractivity contribution >= 4 is 0 Å². The second-order valence-electron chi connectivity index (χ2n) is 26.2. The molecule has 6 saturated heterocycles. The van der Waals surface area contributed by atoms with Crippen LogP contribution in [0.2, 0.25) is 0 Å². The van der Waals surface area contributed by atoms with Crippen molar-refractivity contribution in [1.82, 2.24) is 29.3 Å². The minimum absolute atomic E-state index is 0.0292. The number of H-pyrrole nitrogens is 1. The number of aromatic hydroxyl groups is 1. The molecule has 6 aliphatic rings. The second-order valence-corrected chi connectivity index (χ2v) is 26.2. The number of hydrogen-bond donors (Lipinski definition) is 21. The van der Waals surface area contributed by atoms with Crippen molar-refractivity contribution in [2.45, 2.75) is 230 Å². The lowest BCUT2D eigenvalue weighted by Gasteiger charge is -2.50. The molecule has 0 aliphatic carbocycles. The number of aliphatic hydroxyl groups excluding tert-OH is 19. The van der Waals surface area contributed by atoms with Crippen LogP contribution >= 0.6 is 0 Å². The number of unbranched alkanes of at least 4 members (excludes halogenated alkanes) is 2. The van der Waals surface area contributed by atoms with Gasteiger partial charge in [-0.25, -0.2) is 19.3 Å². The van der Waals surface area contributed by atoms with E-state index in [1.54, 1.807) is 47.3 Å². The van der Waals surface area contributed by atoms with E-state index in [1.807, 2.05) is 6.92 Å². The van der Waals surface area contributed by atoms with Crippen LogP contribution in [0.1, 0.15) is 37.4 Å². The summed E-state index contributed by atoms with van der Waals surface area (Å²) >= 11 is 0. The number of nitrogens with zero attached hydrogens (tertiary/aromatic N) is 5. The molecule has 0 bridgehead atoms. The number of aliphatic hydroxyl groups is 19. The minimum atomic E-state index is -2.29. The largest absolute Gasteiger partial charge is 0.506 e. The quantitative estimate of drug-likeness (QED) is 0.0190. The highest BCUT2D eigenvalue weighted by Crippen LogP contribution is 2.38. The number of aromatic nitrogens is 6. The molecule has 6 aliphatic heterocycles. The van der Waals surface area contributed by atoms with Crippen LogP contribution in [0.3, 0.4) is 0 Å². The first-order valence-corrected chi connectivity index (χ1v) is 34.7. The van der Waals surface area contributed by atoms with Crippen LogP contribution in [0.15, 0.2) is 58.3 Å². The second kappa shape index (κ2) is 38.7. The zero-order chi connectivity index (χ0) is 77.1. The lowest BCUT2D eigenvalue weighted by atomic mass is 9.95. The fraction of sp³-hybridized carbons (Fsp3) is 0.750. The zero-order valence-corrected chi connectivity index (χ0v) is 57.6. The number of benzene rings is 2. The zero-order valence-electron chi connectivity index (χ0n) is 57.6. The first-order chi connectivity index (χ1) is 51.4. The molecule has 2 aromatic heterocycles. The third kappa shape index (κ3) is 19.4. The van der Waals surface area contributed by atoms with Crippen molar-refractivity contribution in [3.8, 4) is 22.9 Å². The van der Waals surface area contributed by atoms with Gasteiger partial charge >= 0.3 is 11.4 Å². The number of hydrogen-bond acceptors (Lipinski definition) is 39. The first-order valence-electron chi connectivity index (χ1n) is 34.7. The molecule has 6 fully saturated rings. The molecule has 30 atom stereocenters. The van der Waals surface area contributed by atoms with E-state index in [2.05, 4.69) is 15.4 Å². The maximum atomic E-state index is 13.2. The van der Waals surface area contributed by atoms with E-state index in [0.29, 0.717) is 43.7 Å². The average Bonchev–Trinajstić information content (AvgIpc) is 1.74. The summed E-state index contributed by atoms with van der Waals surface area (Å²) in [6, 6.07) is 11.1. The smallest absolute Gasteiger partial charge is 0.356 e. The normalized spacial score (nSPS) is 37.8. The number of phenols is 1. The monoisotopic (exact) mass is 1540 g/mol. The number of aryl methyl sites for hydroxylation is 2. The van der Waals surface area contributed by atoms with Gasteiger partial charge in [-0.1, -0.05) is 18.2 Å². The van der Waals surface area contributed by atoms with Crippen LogP contribution in [0, 0.1) is 0 Å². The van der Waals surface area contributed by atoms with Gasteiger partial charge in [0.1, 0.15) is 176 Å². The predicted octanol–water partition coefficient (Wildman–Crippen LogP) is -11.1. The molecule has 604 valence electrons. The van der Waals surface area contributed by atoms with Crippen molar-refractivity contribution < 1.29 is 173 Å². The predicted molar refractivity (Wildman–Crippen MR) is 346 cm³/mol. The third-order valence-electron chi connectivity index (χ3n) is 19.0. The van der Waals surface area contributed by atoms with E-state index in [0.717, 1.165) is 14.8 Å². The lowest BCUT2D eigenvalue weighted by molar-refractivity contribution is -0.398. The summed E-state index contributed by atoms with van der Waals surface area (Å²) in [7, 11) is 0. The Kier molecular flexibility index (Phi) is 30.4. The molecule has 18 unspecified atom stereocenters. The molecule has 10 rings (SSSR count). The van der Waals surface area contributed by atoms with E-state index in [9.17, 15) is 112 Å². The van der Waals surface area contributed by atoms with Crippen LogP contribution in [0.25, 0.3) is 11.4 Å². The molecular formula is C64H96N6O37. The molecule has 43 nitrogen and oxygen atoms in total. The van der Waals surface area contributed by atoms with E-state index in [1.165, 1.54) is 6.07 Å². The van der Waals surface area contributed by atoms with Gasteiger partial charge in [0.15, 0.2) is 37.7 Å². The Balaban J connectivity index is 0.664. The fourth-order valence-corrected chi connectivity index (χ4v) is 12.9. The minimum Gasteiger partial charge on any atom is -0.506 e. The summed E-state index contributed by atoms with van der Waals surface area (Å²) in [5.74, 6) is 0.300. The highest BCUT2D eigenvalue weighted by Gasteiger charge is 2.58. The van der Waals surface area contributed by atoms with Crippen LogP contribution in [-0.2, 0) is 85.9 Å². The standard InChI is InChI=1S/C64H96N6O37/c1-2-27-6-11-32(77)31(18-27)70-64(92)69(63(91)66-70)29-7-9-30(10-8-29)95-17-16-93-14-15-94-26-28-19-68(67-65-28)12-4-3-5-13-96-57-47(86)52(40(79)34(21-72)97-57)104-59-49(88)54(42(81)36(23-74)99-59)106-61-51(90)56(44(83)38(25-76)101-61)107-62-50(89)55(43(82)37(24-75)102-62)105-60-48(87)53(41(80)35(22-73)100-60)103-58-46(85)45(84)39(78)33(20-71)98-58/h6-11,18-19,33-62,71-90H,2-5,12-17,20-26H2,1H3,(H,66,91)/t33?,34?,35?,36?,37?,38?,39-,40-,41-,42-,43-,44-,45?,46?,47?,48?,49?,50?,51?,52?,53?,54?,55?,56?,57-,58+,59+,60+,61+,62+/m1/s1. The van der Waals surface area contributed by atoms with Crippen molar-refractivity contribution in [3.05, 3.63) is 80.9 Å². The summed E-state index contributed by atoms with van der Waals surface area (Å²) in [6.07, 6.45) is -54.7. The molecule has 8 heterocycles. The summed E-state index contributed by atoms with van der Waals surface area (Å²) in [4.78, 5) is 26.0. The van der Waals surface area contributed by atoms with Crippen molar-refractivity contribution in [1.29, 1.82) is 0 Å². The van der Waals surface area contributed by atoms with Gasteiger partial charge in [0.2, 0.25) is 0 Å². The summed E-state index contributed by atoms with van der Waals surface area (Å²) < 4.78 is 89.0. The van der Waals surface area contributed by atoms with E-state index < -0.39 is 235 Å². The number of nitrogens with one attached hydrogen (secondary N) is 1. The molecule has 0 radical (unpaired) electrons. The average molecular weight is 1540 g/mol. The fourth-order valence-electron chi connectivity index (χ4n) is 12.9. The van der Waals surface area contributed by atoms with Crippen LogP contribution in [0.4, 0.5) is 0 Å². The Bertz CT molecular complexity index is 3470. The van der Waals surface area contributed by atoms with E-state index >= 15 is 0 Å². The van der Waals surface area contributed by atoms with E-state index in [-0.39, 0.29) is 56.8 Å². The SMILES string of the molecule is CCc1ccc(O)c(-n2[nH]c(=O)n(-c3ccc(OCCOCCOCc4cn(CCCCCO[C@@H]5OC(CO)[C@@H](O)C(O[C@@H]6OC(CO)[C@@H](O)C(O[C@@H]7OC(CO)[C@@H](O)C(O[C@@H]8OC(CO)[C@@H](O)C(O[C@@H]9OC(CO)[C@@H](O)C(O[C@@H]%10OC(CO)[C@@H](O)C(O)C%10O)C9O)C8O)C7O)C6O)C5O)nn4)cc3)c2=O)c1. The van der Waals surface area contributed by atoms with Gasteiger partial charge < -0.3 is 173 Å². The summed E-state index contributed by atoms with van der Waals surface area (Å²) in [5, 5.41) is 228. The highest BCUT2D eigenvalue weighted by atomic mass is 16.8. The van der Waals surface area contributed by atoms with Crippen molar-refractivity contribution in [2.24, 2.45) is 0 Å². The van der Waals surface area contributed by atoms with E-state index in [4.69, 9.17) is 71.1 Å². The molecule has 0 saturated carbocycles. The van der Waals surface area contributed by atoms with Crippen LogP contribution < -0.4 is 16.1 Å². The summed E-state index contributed by atoms with van der Waals surface area (Å²) in [5.41, 5.74) is 0.472. The molecule has 2 aromatic carbocycles. The van der Waals surface area contributed by atoms with Gasteiger partial charge in [-0.15, -0.1) is 5.10 Å². The first kappa shape index (κ1) is 84.1. The topological polar surface area (TPSA) is 634 Å². The van der Waals surface area contributed by atoms with Crippen molar-refractivity contribution in [3.63, 3.8) is 0 Å². The number of phenolic OH excluding ortho intramolecular Hbond substituents is 1. The number of ether oxygens (including phenoxy) is 15. The van der Waals surface area contributed by atoms with Gasteiger partial charge in [0.25, 0.3) is 0 Å². The van der Waals surface area contributed by atoms with Gasteiger partial charge in [-0.05, 0) is 67.6 Å². The highest BCUT2D eigenvalue weighted by molar-refractivity contribution is 5.48. The molecular weight excluding hydrogens is 1440 g/mol. The summed E-state index contributed by atoms with van der Waals surface area (Å²) in [6.45, 7) is -2.48. The molecule has 4 aromatic rings. The Morgan fingerprint density at radius 2 is 0.879 bits per heavy atom. The van der Waals surface area contributed by atoms with Crippen LogP contribution in [-0.4, -0.2) is 388 Å². The Hall–Kier alpha value is -5.40. The maximum absolute atomic E-state index is 13.2. The molecule has 107 heavy (non-hydrogen) atoms. The van der Waals surface area contributed by atoms with Crippen LogP contribution in [0.5, 0.6) is 11.5 Å². The lowest BCUT2D eigenvalue weighted by Crippen LogP contribution is -2.68. The molecule has 0 amide bonds.